The second-order valence-electron chi connectivity index (χ2n) is 7.24. The van der Waals surface area contributed by atoms with Gasteiger partial charge < -0.3 is 14.8 Å². The van der Waals surface area contributed by atoms with E-state index in [9.17, 15) is 14.4 Å². The number of nitrogens with zero attached hydrogens (tertiary/aromatic N) is 1. The van der Waals surface area contributed by atoms with Crippen molar-refractivity contribution in [2.45, 2.75) is 18.0 Å². The molecule has 2 heterocycles. The van der Waals surface area contributed by atoms with Gasteiger partial charge in [-0.25, -0.2) is 4.79 Å². The van der Waals surface area contributed by atoms with Crippen LogP contribution < -0.4 is 10.1 Å². The molecular weight excluding hydrogens is 543 g/mol. The van der Waals surface area contributed by atoms with Gasteiger partial charge in [0.2, 0.25) is 0 Å². The summed E-state index contributed by atoms with van der Waals surface area (Å²) in [5.74, 6) is 0.180. The highest BCUT2D eigenvalue weighted by atomic mass is 127. The molecule has 0 aliphatic carbocycles. The average molecular weight is 564 g/mol. The number of hydrogen-bond donors (Lipinski definition) is 1. The lowest BCUT2D eigenvalue weighted by Gasteiger charge is -2.49. The summed E-state index contributed by atoms with van der Waals surface area (Å²) in [5, 5.41) is 2.47. The largest absolute Gasteiger partial charge is 0.497 e. The van der Waals surface area contributed by atoms with Gasteiger partial charge in [-0.3, -0.25) is 14.5 Å². The SMILES string of the molecule is COc1ccc(COC(=O)C2=C(CI)CS[C@@H]3C(NC(=O)c4ccccc4)C(=O)N23)cc1. The van der Waals surface area contributed by atoms with Crippen LogP contribution in [0.5, 0.6) is 5.75 Å². The molecule has 7 nitrogen and oxygen atoms in total. The number of carbonyl (C=O) groups excluding carboxylic acids is 3. The van der Waals surface area contributed by atoms with Crippen molar-refractivity contribution in [1.29, 1.82) is 0 Å². The van der Waals surface area contributed by atoms with Gasteiger partial charge in [0.05, 0.1) is 7.11 Å². The molecule has 2 aromatic rings. The van der Waals surface area contributed by atoms with Crippen molar-refractivity contribution in [1.82, 2.24) is 10.2 Å². The maximum atomic E-state index is 13.0. The number of fused-ring (bicyclic) bond motifs is 1. The fourth-order valence-electron chi connectivity index (χ4n) is 3.53. The van der Waals surface area contributed by atoms with Crippen molar-refractivity contribution < 1.29 is 23.9 Å². The fourth-order valence-corrected chi connectivity index (χ4v) is 5.87. The van der Waals surface area contributed by atoms with Crippen molar-refractivity contribution in [3.05, 3.63) is 77.0 Å². The number of ether oxygens (including phenoxy) is 2. The topological polar surface area (TPSA) is 84.9 Å². The predicted octanol–water partition coefficient (Wildman–Crippen LogP) is 3.14. The van der Waals surface area contributed by atoms with Crippen LogP contribution in [0.4, 0.5) is 0 Å². The zero-order valence-electron chi connectivity index (χ0n) is 17.2. The van der Waals surface area contributed by atoms with Crippen LogP contribution in [-0.4, -0.2) is 51.4 Å². The van der Waals surface area contributed by atoms with E-state index in [4.69, 9.17) is 9.47 Å². The molecule has 0 aromatic heterocycles. The van der Waals surface area contributed by atoms with E-state index in [0.29, 0.717) is 21.4 Å². The number of carbonyl (C=O) groups is 3. The highest BCUT2D eigenvalue weighted by Gasteiger charge is 2.54. The van der Waals surface area contributed by atoms with Crippen molar-refractivity contribution in [3.63, 3.8) is 0 Å². The Bertz CT molecular complexity index is 1060. The van der Waals surface area contributed by atoms with Crippen molar-refractivity contribution in [3.8, 4) is 5.75 Å². The molecule has 0 radical (unpaired) electrons. The van der Waals surface area contributed by atoms with E-state index in [2.05, 4.69) is 27.9 Å². The summed E-state index contributed by atoms with van der Waals surface area (Å²) in [6.45, 7) is 0.0921. The minimum Gasteiger partial charge on any atom is -0.497 e. The highest BCUT2D eigenvalue weighted by molar-refractivity contribution is 14.1. The van der Waals surface area contributed by atoms with Gasteiger partial charge in [-0.2, -0.15) is 0 Å². The van der Waals surface area contributed by atoms with Gasteiger partial charge in [-0.1, -0.05) is 52.9 Å². The maximum Gasteiger partial charge on any atom is 0.355 e. The molecule has 4 rings (SSSR count). The molecule has 32 heavy (non-hydrogen) atoms. The number of hydrogen-bond acceptors (Lipinski definition) is 6. The molecule has 1 fully saturated rings. The quantitative estimate of drug-likeness (QED) is 0.241. The number of esters is 1. The Morgan fingerprint density at radius 2 is 1.88 bits per heavy atom. The van der Waals surface area contributed by atoms with Crippen LogP contribution in [0.25, 0.3) is 0 Å². The number of methoxy groups -OCH3 is 1. The first kappa shape index (κ1) is 22.7. The molecule has 166 valence electrons. The van der Waals surface area contributed by atoms with Crippen LogP contribution in [0, 0.1) is 0 Å². The van der Waals surface area contributed by atoms with Crippen LogP contribution in [0.3, 0.4) is 0 Å². The molecule has 2 aromatic carbocycles. The first-order valence-electron chi connectivity index (χ1n) is 9.92. The Morgan fingerprint density at radius 3 is 2.53 bits per heavy atom. The minimum absolute atomic E-state index is 0.0921. The van der Waals surface area contributed by atoms with Gasteiger partial charge in [0.25, 0.3) is 11.8 Å². The Kier molecular flexibility index (Phi) is 7.04. The third-order valence-corrected chi connectivity index (χ3v) is 7.51. The van der Waals surface area contributed by atoms with Gasteiger partial charge in [-0.05, 0) is 35.4 Å². The number of halogens is 1. The van der Waals surface area contributed by atoms with Crippen molar-refractivity contribution >= 4 is 52.1 Å². The molecule has 1 N–H and O–H groups in total. The fraction of sp³-hybridized carbons (Fsp3) is 0.261. The zero-order valence-corrected chi connectivity index (χ0v) is 20.2. The molecule has 0 bridgehead atoms. The Balaban J connectivity index is 1.45. The minimum atomic E-state index is -0.673. The normalized spacial score (nSPS) is 19.7. The molecular formula is C23H21IN2O5S. The molecule has 0 saturated carbocycles. The molecule has 0 spiro atoms. The second-order valence-corrected chi connectivity index (χ2v) is 9.10. The van der Waals surface area contributed by atoms with Gasteiger partial charge in [-0.15, -0.1) is 11.8 Å². The number of rotatable bonds is 7. The van der Waals surface area contributed by atoms with Gasteiger partial charge in [0.1, 0.15) is 29.5 Å². The van der Waals surface area contributed by atoms with Crippen molar-refractivity contribution in [2.24, 2.45) is 0 Å². The Labute approximate surface area is 203 Å². The summed E-state index contributed by atoms with van der Waals surface area (Å²) < 4.78 is 11.3. The molecule has 2 aliphatic heterocycles. The number of amides is 2. The van der Waals surface area contributed by atoms with E-state index in [1.54, 1.807) is 55.3 Å². The number of thioether (sulfide) groups is 1. The lowest BCUT2D eigenvalue weighted by atomic mass is 10.0. The van der Waals surface area contributed by atoms with E-state index in [0.717, 1.165) is 16.9 Å². The third-order valence-electron chi connectivity index (χ3n) is 5.25. The summed E-state index contributed by atoms with van der Waals surface area (Å²) in [6.07, 6.45) is 0. The van der Waals surface area contributed by atoms with Crippen LogP contribution in [0.1, 0.15) is 15.9 Å². The summed E-state index contributed by atoms with van der Waals surface area (Å²) in [7, 11) is 1.59. The first-order chi connectivity index (χ1) is 15.5. The van der Waals surface area contributed by atoms with Gasteiger partial charge in [0.15, 0.2) is 0 Å². The van der Waals surface area contributed by atoms with E-state index < -0.39 is 12.0 Å². The average Bonchev–Trinajstić information content (AvgIpc) is 2.85. The van der Waals surface area contributed by atoms with Gasteiger partial charge in [0, 0.05) is 15.7 Å². The second kappa shape index (κ2) is 9.95. The standard InChI is InChI=1S/C23H21IN2O5S/c1-30-17-9-7-14(8-10-17)12-31-23(29)19-16(11-24)13-32-22-18(21(28)26(19)22)25-20(27)15-5-3-2-4-6-15/h2-10,18,22H,11-13H2,1H3,(H,25,27)/t18?,22-/m1/s1. The summed E-state index contributed by atoms with van der Waals surface area (Å²) in [6, 6.07) is 15.3. The Morgan fingerprint density at radius 1 is 1.16 bits per heavy atom. The number of β-lactam (4-membered cyclic amide) rings is 1. The number of nitrogens with one attached hydrogen (secondary N) is 1. The smallest absolute Gasteiger partial charge is 0.355 e. The molecule has 2 amide bonds. The highest BCUT2D eigenvalue weighted by Crippen LogP contribution is 2.41. The predicted molar refractivity (Wildman–Crippen MR) is 129 cm³/mol. The third kappa shape index (κ3) is 4.49. The molecule has 1 saturated heterocycles. The molecule has 1 unspecified atom stereocenters. The Hall–Kier alpha value is -2.53. The molecule has 2 aliphatic rings. The number of benzene rings is 2. The van der Waals surface area contributed by atoms with E-state index in [1.807, 2.05) is 18.2 Å². The van der Waals surface area contributed by atoms with E-state index >= 15 is 0 Å². The molecule has 2 atom stereocenters. The van der Waals surface area contributed by atoms with Gasteiger partial charge >= 0.3 is 5.97 Å². The van der Waals surface area contributed by atoms with Crippen molar-refractivity contribution in [2.75, 3.05) is 17.3 Å². The van der Waals surface area contributed by atoms with Crippen LogP contribution in [0.2, 0.25) is 0 Å². The summed E-state index contributed by atoms with van der Waals surface area (Å²) in [5.41, 5.74) is 2.46. The monoisotopic (exact) mass is 564 g/mol. The lowest BCUT2D eigenvalue weighted by Crippen LogP contribution is -2.70. The van der Waals surface area contributed by atoms with Crippen LogP contribution in [0.15, 0.2) is 65.9 Å². The van der Waals surface area contributed by atoms with E-state index in [-0.39, 0.29) is 23.8 Å². The van der Waals surface area contributed by atoms with E-state index in [1.165, 1.54) is 4.90 Å². The van der Waals surface area contributed by atoms with Crippen LogP contribution in [-0.2, 0) is 20.9 Å². The summed E-state index contributed by atoms with van der Waals surface area (Å²) in [4.78, 5) is 39.8. The molecule has 9 heteroatoms. The lowest BCUT2D eigenvalue weighted by molar-refractivity contribution is -0.152. The number of alkyl halides is 1. The first-order valence-corrected chi connectivity index (χ1v) is 12.5. The summed E-state index contributed by atoms with van der Waals surface area (Å²) >= 11 is 3.72. The van der Waals surface area contributed by atoms with Crippen LogP contribution >= 0.6 is 34.4 Å². The maximum absolute atomic E-state index is 13.0. The zero-order chi connectivity index (χ0) is 22.7.